The number of Topliss-reactive ketones (excluding diaryl/α,β-unsaturated/α-hetero) is 2. The zero-order valence-electron chi connectivity index (χ0n) is 41.2. The van der Waals surface area contributed by atoms with Crippen LogP contribution in [0.5, 0.6) is 0 Å². The first-order valence-corrected chi connectivity index (χ1v) is 25.7. The molecule has 5 aliphatic rings. The highest BCUT2D eigenvalue weighted by Gasteiger charge is 2.56. The molecule has 2 bridgehead atoms. The predicted octanol–water partition coefficient (Wildman–Crippen LogP) is 6.10. The van der Waals surface area contributed by atoms with Crippen LogP contribution in [0.15, 0.2) is 36.0 Å². The van der Waals surface area contributed by atoms with Gasteiger partial charge in [-0.05, 0) is 112 Å². The van der Waals surface area contributed by atoms with Crippen LogP contribution in [-0.2, 0) is 57.1 Å². The Balaban J connectivity index is 1.42. The third kappa shape index (κ3) is 14.1. The molecular weight excluding hydrogens is 883 g/mol. The van der Waals surface area contributed by atoms with Gasteiger partial charge in [0.1, 0.15) is 23.5 Å². The molecule has 0 spiro atoms. The van der Waals surface area contributed by atoms with Gasteiger partial charge in [0, 0.05) is 59.2 Å². The minimum Gasteiger partial charge on any atom is -0.465 e. The largest absolute Gasteiger partial charge is 0.465 e. The Morgan fingerprint density at radius 2 is 1.63 bits per heavy atom. The Hall–Kier alpha value is -2.96. The lowest BCUT2D eigenvalue weighted by molar-refractivity contribution is -0.302. The summed E-state index contributed by atoms with van der Waals surface area (Å²) in [5, 5.41) is 23.9. The lowest BCUT2D eigenvalue weighted by Crippen LogP contribution is -2.64. The highest BCUT2D eigenvalue weighted by molar-refractivity contribution is 8.00. The number of fused-ring (bicyclic) bond motifs is 3. The van der Waals surface area contributed by atoms with Crippen molar-refractivity contribution in [3.8, 4) is 0 Å². The fourth-order valence-electron chi connectivity index (χ4n) is 10.8. The van der Waals surface area contributed by atoms with Gasteiger partial charge >= 0.3 is 11.9 Å². The minimum atomic E-state index is -2.52. The number of amides is 1. The van der Waals surface area contributed by atoms with Gasteiger partial charge in [0.25, 0.3) is 11.7 Å². The van der Waals surface area contributed by atoms with Crippen molar-refractivity contribution in [3.05, 3.63) is 36.0 Å². The summed E-state index contributed by atoms with van der Waals surface area (Å²) in [7, 11) is 4.73. The number of esters is 2. The lowest BCUT2D eigenvalue weighted by Gasteiger charge is -2.47. The summed E-state index contributed by atoms with van der Waals surface area (Å²) in [4.78, 5) is 70.3. The van der Waals surface area contributed by atoms with E-state index in [-0.39, 0.29) is 72.8 Å². The number of carbonyl (C=O) groups excluding carboxylic acids is 5. The number of methoxy groups -OCH3 is 3. The second-order valence-electron chi connectivity index (χ2n) is 19.8. The molecule has 67 heavy (non-hydrogen) atoms. The van der Waals surface area contributed by atoms with Crippen molar-refractivity contribution in [1.29, 1.82) is 0 Å². The molecule has 16 heteroatoms. The Morgan fingerprint density at radius 1 is 0.910 bits per heavy atom. The molecule has 4 aliphatic heterocycles. The van der Waals surface area contributed by atoms with Crippen LogP contribution in [0, 0.1) is 29.6 Å². The molecule has 0 aromatic rings. The summed E-state index contributed by atoms with van der Waals surface area (Å²) in [5.41, 5.74) is 1.20. The normalized spacial score (nSPS) is 38.1. The number of allylic oxidation sites excluding steroid dienone is 4. The molecule has 2 N–H and O–H groups in total. The Bertz CT molecular complexity index is 1770. The van der Waals surface area contributed by atoms with Crippen LogP contribution < -0.4 is 0 Å². The van der Waals surface area contributed by atoms with Gasteiger partial charge in [0.2, 0.25) is 5.79 Å². The molecule has 3 saturated heterocycles. The SMILES string of the molecule is C=CCC1=CC(C)C[C@H](C)C[C@H](OC)C2O[C@@](O)(C(=O)C(=O)N3CCCC[C@H]3C(=O)O[C@H](C(C)=C[C@@H]3CC[C@@H](OCCCS[C@H]4CCOC4=O)[C@H](OC)C3)[C@H](C)[C@@H](O)CC1=O)[C@H](C)C[C@@H]2OC. The van der Waals surface area contributed by atoms with Gasteiger partial charge in [0.15, 0.2) is 5.78 Å². The molecule has 15 nitrogen and oxygen atoms in total. The predicted molar refractivity (Wildman–Crippen MR) is 253 cm³/mol. The van der Waals surface area contributed by atoms with Crippen LogP contribution in [0.4, 0.5) is 0 Å². The average molecular weight is 962 g/mol. The first-order valence-electron chi connectivity index (χ1n) is 24.6. The van der Waals surface area contributed by atoms with Gasteiger partial charge < -0.3 is 48.3 Å². The monoisotopic (exact) mass is 962 g/mol. The highest BCUT2D eigenvalue weighted by Crippen LogP contribution is 2.39. The third-order valence-corrected chi connectivity index (χ3v) is 16.0. The maximum atomic E-state index is 14.5. The zero-order chi connectivity index (χ0) is 49.0. The maximum absolute atomic E-state index is 14.5. The third-order valence-electron chi connectivity index (χ3n) is 14.7. The van der Waals surface area contributed by atoms with Gasteiger partial charge in [-0.15, -0.1) is 18.3 Å². The summed E-state index contributed by atoms with van der Waals surface area (Å²) < 4.78 is 41.8. The number of hydrogen-bond donors (Lipinski definition) is 2. The second kappa shape index (κ2) is 25.8. The molecular formula is C51H79NO14S. The van der Waals surface area contributed by atoms with Crippen LogP contribution in [0.2, 0.25) is 0 Å². The van der Waals surface area contributed by atoms with E-state index < -0.39 is 71.8 Å². The van der Waals surface area contributed by atoms with Crippen LogP contribution in [0.25, 0.3) is 0 Å². The van der Waals surface area contributed by atoms with Crippen molar-refractivity contribution in [2.75, 3.05) is 46.8 Å². The molecule has 1 amide bonds. The van der Waals surface area contributed by atoms with E-state index in [0.29, 0.717) is 62.9 Å². The summed E-state index contributed by atoms with van der Waals surface area (Å²) in [6.07, 6.45) is 7.43. The fourth-order valence-corrected chi connectivity index (χ4v) is 11.8. The Labute approximate surface area is 402 Å². The quantitative estimate of drug-likeness (QED) is 0.0930. The van der Waals surface area contributed by atoms with Crippen molar-refractivity contribution >= 4 is 41.2 Å². The number of cyclic esters (lactones) is 2. The smallest absolute Gasteiger partial charge is 0.329 e. The van der Waals surface area contributed by atoms with Crippen LogP contribution >= 0.6 is 11.8 Å². The van der Waals surface area contributed by atoms with Gasteiger partial charge in [-0.2, -0.15) is 0 Å². The van der Waals surface area contributed by atoms with Crippen LogP contribution in [0.3, 0.4) is 0 Å². The van der Waals surface area contributed by atoms with Gasteiger partial charge in [-0.1, -0.05) is 45.9 Å². The van der Waals surface area contributed by atoms with Gasteiger partial charge in [-0.25, -0.2) is 4.79 Å². The molecule has 4 heterocycles. The van der Waals surface area contributed by atoms with E-state index >= 15 is 0 Å². The number of hydrogen-bond acceptors (Lipinski definition) is 15. The van der Waals surface area contributed by atoms with Crippen molar-refractivity contribution < 1.29 is 67.3 Å². The molecule has 2 unspecified atom stereocenters. The molecule has 1 saturated carbocycles. The van der Waals surface area contributed by atoms with E-state index in [1.807, 2.05) is 19.9 Å². The Kier molecular flexibility index (Phi) is 21.1. The van der Waals surface area contributed by atoms with Crippen LogP contribution in [0.1, 0.15) is 118 Å². The molecule has 1 aliphatic carbocycles. The van der Waals surface area contributed by atoms with Crippen molar-refractivity contribution in [3.63, 3.8) is 0 Å². The van der Waals surface area contributed by atoms with E-state index in [2.05, 4.69) is 19.6 Å². The summed E-state index contributed by atoms with van der Waals surface area (Å²) >= 11 is 1.61. The molecule has 0 aromatic carbocycles. The number of aliphatic hydroxyl groups is 2. The van der Waals surface area contributed by atoms with E-state index in [9.17, 15) is 34.2 Å². The average Bonchev–Trinajstić information content (AvgIpc) is 3.73. The van der Waals surface area contributed by atoms with E-state index in [1.54, 1.807) is 38.8 Å². The van der Waals surface area contributed by atoms with Crippen molar-refractivity contribution in [1.82, 2.24) is 4.90 Å². The summed E-state index contributed by atoms with van der Waals surface area (Å²) in [5.74, 6) is -6.69. The Morgan fingerprint density at radius 3 is 2.30 bits per heavy atom. The van der Waals surface area contributed by atoms with Crippen molar-refractivity contribution in [2.45, 2.75) is 178 Å². The van der Waals surface area contributed by atoms with E-state index in [0.717, 1.165) is 31.4 Å². The molecule has 0 aromatic heterocycles. The number of ketones is 2. The second-order valence-corrected chi connectivity index (χ2v) is 21.1. The van der Waals surface area contributed by atoms with Gasteiger partial charge in [0.05, 0.1) is 37.1 Å². The number of piperidine rings is 1. The molecule has 15 atom stereocenters. The van der Waals surface area contributed by atoms with Crippen molar-refractivity contribution in [2.24, 2.45) is 29.6 Å². The van der Waals surface area contributed by atoms with Crippen LogP contribution in [-0.4, -0.2) is 151 Å². The standard InChI is InChI=1S/C51H79NO14S/c1-10-14-36-24-30(2)23-31(3)25-42(61-8)46-43(62-9)27-33(5)51(59,66-46)47(55)48(56)52-19-12-11-15-37(52)49(57)65-45(34(6)38(53)29-39(36)54)32(4)26-35-16-17-40(41(28-35)60-7)63-20-13-22-67-44-18-21-64-50(44)58/h10,24,26,30-31,33-35,37-38,40-46,53,59H,1,11-23,25,27-29H2,2-9H3/t30?,31-,33+,34+,35-,37-,38-,40+,41+,42-,43-,44-,45+,46?,51+/m0/s1. The number of ether oxygens (including phenoxy) is 7. The number of thioether (sulfide) groups is 1. The molecule has 4 fully saturated rings. The molecule has 378 valence electrons. The molecule has 5 rings (SSSR count). The maximum Gasteiger partial charge on any atom is 0.329 e. The topological polar surface area (TPSA) is 194 Å². The highest BCUT2D eigenvalue weighted by atomic mass is 32.2. The number of nitrogens with zero attached hydrogens (tertiary/aromatic N) is 1. The zero-order valence-corrected chi connectivity index (χ0v) is 42.0. The first-order chi connectivity index (χ1) is 31.9. The lowest BCUT2D eigenvalue weighted by atomic mass is 9.81. The fraction of sp³-hybridized carbons (Fsp3) is 0.784. The molecule has 0 radical (unpaired) electrons. The van der Waals surface area contributed by atoms with E-state index in [4.69, 9.17) is 33.2 Å². The minimum absolute atomic E-state index is 0.0115. The summed E-state index contributed by atoms with van der Waals surface area (Å²) in [6, 6.07) is -1.15. The number of rotatable bonds is 13. The summed E-state index contributed by atoms with van der Waals surface area (Å²) in [6.45, 7) is 14.3. The first kappa shape index (κ1) is 55.0. The van der Waals surface area contributed by atoms with E-state index in [1.165, 1.54) is 19.1 Å². The number of carbonyl (C=O) groups is 5. The van der Waals surface area contributed by atoms with Gasteiger partial charge in [-0.3, -0.25) is 19.2 Å². The number of aliphatic hydroxyl groups excluding tert-OH is 1.